The number of nitrogens with zero attached hydrogens (tertiary/aromatic N) is 1. The van der Waals surface area contributed by atoms with E-state index in [9.17, 15) is 9.59 Å². The molecule has 1 aliphatic heterocycles. The quantitative estimate of drug-likeness (QED) is 0.334. The van der Waals surface area contributed by atoms with E-state index in [0.717, 1.165) is 38.4 Å². The fraction of sp³-hybridized carbons (Fsp3) is 0.143. The third-order valence-electron chi connectivity index (χ3n) is 6.01. The van der Waals surface area contributed by atoms with Gasteiger partial charge < -0.3 is 14.7 Å². The van der Waals surface area contributed by atoms with Crippen molar-refractivity contribution in [2.75, 3.05) is 18.6 Å². The molecule has 0 unspecified atom stereocenters. The van der Waals surface area contributed by atoms with Crippen LogP contribution in [0.2, 0.25) is 5.02 Å². The van der Waals surface area contributed by atoms with Gasteiger partial charge in [-0.15, -0.1) is 11.3 Å². The average Bonchev–Trinajstić information content (AvgIpc) is 3.19. The zero-order chi connectivity index (χ0) is 24.5. The minimum absolute atomic E-state index is 0.0206. The third kappa shape index (κ3) is 4.67. The molecule has 1 amide bonds. The first-order valence-corrected chi connectivity index (χ1v) is 12.3. The molecule has 2 heterocycles. The highest BCUT2D eigenvalue weighted by molar-refractivity contribution is 7.17. The van der Waals surface area contributed by atoms with E-state index in [1.54, 1.807) is 18.0 Å². The smallest absolute Gasteiger partial charge is 0.307 e. The first-order chi connectivity index (χ1) is 16.9. The van der Waals surface area contributed by atoms with Crippen molar-refractivity contribution in [2.45, 2.75) is 12.8 Å². The molecule has 0 spiro atoms. The van der Waals surface area contributed by atoms with Gasteiger partial charge in [0.1, 0.15) is 5.75 Å². The van der Waals surface area contributed by atoms with Crippen LogP contribution in [0.1, 0.15) is 20.8 Å². The van der Waals surface area contributed by atoms with Crippen LogP contribution < -0.4 is 9.64 Å². The molecule has 5 rings (SSSR count). The summed E-state index contributed by atoms with van der Waals surface area (Å²) in [5, 5.41) is 9.64. The number of aliphatic carboxylic acids is 1. The third-order valence-corrected chi connectivity index (χ3v) is 7.53. The molecule has 7 heteroatoms. The predicted molar refractivity (Wildman–Crippen MR) is 140 cm³/mol. The van der Waals surface area contributed by atoms with Crippen molar-refractivity contribution < 1.29 is 19.4 Å². The van der Waals surface area contributed by atoms with Crippen molar-refractivity contribution in [3.63, 3.8) is 0 Å². The number of ether oxygens (including phenoxy) is 1. The molecule has 0 fully saturated rings. The van der Waals surface area contributed by atoms with Crippen LogP contribution in [0.15, 0.2) is 72.8 Å². The SMILES string of the molecule is CN(C(=O)c1cc2c(s1)-c1ccc(-c3cccc(CC(=O)O)c3)cc1OCC2)c1ccccc1Cl. The zero-order valence-corrected chi connectivity index (χ0v) is 20.5. The van der Waals surface area contributed by atoms with Crippen LogP contribution in [0.25, 0.3) is 21.6 Å². The second kappa shape index (κ2) is 9.56. The molecule has 1 aliphatic rings. The number of para-hydroxylation sites is 1. The number of amides is 1. The Bertz CT molecular complexity index is 1440. The summed E-state index contributed by atoms with van der Waals surface area (Å²) < 4.78 is 6.08. The normalized spacial score (nSPS) is 12.2. The second-order valence-corrected chi connectivity index (χ2v) is 9.82. The molecule has 0 aliphatic carbocycles. The van der Waals surface area contributed by atoms with Crippen LogP contribution in [-0.2, 0) is 17.6 Å². The van der Waals surface area contributed by atoms with Crippen molar-refractivity contribution in [2.24, 2.45) is 0 Å². The van der Waals surface area contributed by atoms with Crippen LogP contribution in [0.5, 0.6) is 5.75 Å². The van der Waals surface area contributed by atoms with Crippen LogP contribution in [0.3, 0.4) is 0 Å². The van der Waals surface area contributed by atoms with E-state index in [-0.39, 0.29) is 12.3 Å². The summed E-state index contributed by atoms with van der Waals surface area (Å²) in [6.07, 6.45) is 0.681. The summed E-state index contributed by atoms with van der Waals surface area (Å²) in [6.45, 7) is 0.507. The average molecular weight is 504 g/mol. The fourth-order valence-corrected chi connectivity index (χ4v) is 5.74. The fourth-order valence-electron chi connectivity index (χ4n) is 4.26. The monoisotopic (exact) mass is 503 g/mol. The first-order valence-electron chi connectivity index (χ1n) is 11.1. The summed E-state index contributed by atoms with van der Waals surface area (Å²) in [5.41, 5.74) is 5.33. The van der Waals surface area contributed by atoms with Crippen LogP contribution in [0.4, 0.5) is 5.69 Å². The van der Waals surface area contributed by atoms with Crippen LogP contribution in [-0.4, -0.2) is 30.6 Å². The molecule has 0 atom stereocenters. The van der Waals surface area contributed by atoms with Gasteiger partial charge in [-0.3, -0.25) is 9.59 Å². The number of carboxylic acids is 1. The predicted octanol–water partition coefficient (Wildman–Crippen LogP) is 6.57. The molecule has 4 aromatic rings. The van der Waals surface area contributed by atoms with Gasteiger partial charge in [-0.2, -0.15) is 0 Å². The number of thiophene rings is 1. The lowest BCUT2D eigenvalue weighted by atomic mass is 9.99. The van der Waals surface area contributed by atoms with Crippen molar-refractivity contribution in [1.82, 2.24) is 0 Å². The Morgan fingerprint density at radius 2 is 1.83 bits per heavy atom. The number of carboxylic acid groups (broad SMARTS) is 1. The van der Waals surface area contributed by atoms with E-state index >= 15 is 0 Å². The van der Waals surface area contributed by atoms with E-state index in [4.69, 9.17) is 21.4 Å². The van der Waals surface area contributed by atoms with E-state index in [1.807, 2.05) is 66.7 Å². The van der Waals surface area contributed by atoms with Crippen molar-refractivity contribution >= 4 is 40.5 Å². The van der Waals surface area contributed by atoms with E-state index in [2.05, 4.69) is 0 Å². The molecule has 3 aromatic carbocycles. The summed E-state index contributed by atoms with van der Waals surface area (Å²) in [4.78, 5) is 27.6. The summed E-state index contributed by atoms with van der Waals surface area (Å²) in [7, 11) is 1.73. The molecule has 176 valence electrons. The lowest BCUT2D eigenvalue weighted by molar-refractivity contribution is -0.136. The first kappa shape index (κ1) is 23.1. The van der Waals surface area contributed by atoms with Crippen molar-refractivity contribution in [1.29, 1.82) is 0 Å². The number of carbonyl (C=O) groups excluding carboxylic acids is 1. The van der Waals surface area contributed by atoms with Crippen LogP contribution >= 0.6 is 22.9 Å². The number of benzene rings is 3. The lowest BCUT2D eigenvalue weighted by Crippen LogP contribution is -2.25. The summed E-state index contributed by atoms with van der Waals surface area (Å²) in [5.74, 6) is -0.209. The van der Waals surface area contributed by atoms with E-state index < -0.39 is 5.97 Å². The molecule has 1 N–H and O–H groups in total. The Balaban J connectivity index is 1.48. The van der Waals surface area contributed by atoms with Gasteiger partial charge in [0, 0.05) is 23.9 Å². The number of hydrogen-bond acceptors (Lipinski definition) is 4. The maximum atomic E-state index is 13.3. The molecule has 0 radical (unpaired) electrons. The highest BCUT2D eigenvalue weighted by Crippen LogP contribution is 2.43. The van der Waals surface area contributed by atoms with Gasteiger partial charge >= 0.3 is 5.97 Å². The highest BCUT2D eigenvalue weighted by Gasteiger charge is 2.24. The molecule has 1 aromatic heterocycles. The van der Waals surface area contributed by atoms with E-state index in [1.165, 1.54) is 11.3 Å². The Kier molecular flexibility index (Phi) is 6.32. The summed E-state index contributed by atoms with van der Waals surface area (Å²) in [6, 6.07) is 22.8. The number of fused-ring (bicyclic) bond motifs is 3. The van der Waals surface area contributed by atoms with Gasteiger partial charge in [0.25, 0.3) is 5.91 Å². The number of halogens is 1. The Labute approximate surface area is 212 Å². The number of anilines is 1. The second-order valence-electron chi connectivity index (χ2n) is 8.36. The molecule has 0 saturated carbocycles. The Morgan fingerprint density at radius 1 is 1.03 bits per heavy atom. The number of rotatable bonds is 5. The van der Waals surface area contributed by atoms with Gasteiger partial charge in [0.2, 0.25) is 0 Å². The van der Waals surface area contributed by atoms with Gasteiger partial charge in [0.05, 0.1) is 28.6 Å². The summed E-state index contributed by atoms with van der Waals surface area (Å²) >= 11 is 7.76. The lowest BCUT2D eigenvalue weighted by Gasteiger charge is -2.17. The maximum Gasteiger partial charge on any atom is 0.307 e. The van der Waals surface area contributed by atoms with Crippen molar-refractivity contribution in [3.05, 3.63) is 93.8 Å². The Hall–Kier alpha value is -3.61. The molecule has 5 nitrogen and oxygen atoms in total. The van der Waals surface area contributed by atoms with Gasteiger partial charge in [0.15, 0.2) is 0 Å². The van der Waals surface area contributed by atoms with Crippen molar-refractivity contribution in [3.8, 4) is 27.3 Å². The van der Waals surface area contributed by atoms with Gasteiger partial charge in [-0.05, 0) is 52.6 Å². The molecular weight excluding hydrogens is 482 g/mol. The minimum Gasteiger partial charge on any atom is -0.493 e. The Morgan fingerprint density at radius 3 is 2.63 bits per heavy atom. The highest BCUT2D eigenvalue weighted by atomic mass is 35.5. The van der Waals surface area contributed by atoms with Gasteiger partial charge in [-0.25, -0.2) is 0 Å². The zero-order valence-electron chi connectivity index (χ0n) is 19.0. The van der Waals surface area contributed by atoms with E-state index in [0.29, 0.717) is 28.6 Å². The molecule has 0 bridgehead atoms. The number of carbonyl (C=O) groups is 2. The minimum atomic E-state index is -0.858. The number of hydrogen-bond donors (Lipinski definition) is 1. The molecule has 35 heavy (non-hydrogen) atoms. The molecule has 0 saturated heterocycles. The molecular formula is C28H22ClNO4S. The van der Waals surface area contributed by atoms with Gasteiger partial charge in [-0.1, -0.05) is 54.1 Å². The largest absolute Gasteiger partial charge is 0.493 e. The maximum absolute atomic E-state index is 13.3. The topological polar surface area (TPSA) is 66.8 Å². The van der Waals surface area contributed by atoms with Crippen LogP contribution in [0, 0.1) is 0 Å². The standard InChI is InChI=1S/C28H22ClNO4S/c1-30(23-8-3-2-7-22(23)29)28(33)25-16-20-11-12-34-24-15-19(9-10-21(24)27(20)35-25)18-6-4-5-17(13-18)14-26(31)32/h2-10,13,15-16H,11-12,14H2,1H3,(H,31,32).